The molecule has 1 atom stereocenters. The first-order chi connectivity index (χ1) is 13.7. The Balaban J connectivity index is 1.77. The lowest BCUT2D eigenvalue weighted by Crippen LogP contribution is -2.25. The summed E-state index contributed by atoms with van der Waals surface area (Å²) in [7, 11) is 2.85. The lowest BCUT2D eigenvalue weighted by atomic mass is 9.96. The second kappa shape index (κ2) is 8.15. The summed E-state index contributed by atoms with van der Waals surface area (Å²) in [5, 5.41) is 0. The van der Waals surface area contributed by atoms with E-state index in [1.165, 1.54) is 14.2 Å². The van der Waals surface area contributed by atoms with Crippen LogP contribution in [0.15, 0.2) is 42.5 Å². The van der Waals surface area contributed by atoms with Gasteiger partial charge in [-0.15, -0.1) is 0 Å². The van der Waals surface area contributed by atoms with Crippen molar-refractivity contribution in [1.29, 1.82) is 0 Å². The Labute approximate surface area is 171 Å². The Morgan fingerprint density at radius 1 is 1.07 bits per heavy atom. The van der Waals surface area contributed by atoms with E-state index >= 15 is 0 Å². The molecule has 6 nitrogen and oxygen atoms in total. The zero-order valence-electron chi connectivity index (χ0n) is 17.5. The summed E-state index contributed by atoms with van der Waals surface area (Å²) in [6.07, 6.45) is 0.404. The Bertz CT molecular complexity index is 898. The first-order valence-corrected chi connectivity index (χ1v) is 9.57. The quantitative estimate of drug-likeness (QED) is 0.708. The van der Waals surface area contributed by atoms with Crippen molar-refractivity contribution in [1.82, 2.24) is 0 Å². The molecule has 6 heteroatoms. The van der Waals surface area contributed by atoms with Crippen LogP contribution in [-0.2, 0) is 9.53 Å². The van der Waals surface area contributed by atoms with Crippen molar-refractivity contribution in [2.75, 3.05) is 25.7 Å². The number of benzene rings is 2. The number of rotatable bonds is 5. The van der Waals surface area contributed by atoms with E-state index in [9.17, 15) is 9.59 Å². The van der Waals surface area contributed by atoms with E-state index in [1.807, 2.05) is 57.2 Å². The molecule has 3 rings (SSSR count). The van der Waals surface area contributed by atoms with E-state index in [1.54, 1.807) is 11.0 Å². The van der Waals surface area contributed by atoms with Gasteiger partial charge in [-0.05, 0) is 62.7 Å². The minimum atomic E-state index is -0.449. The van der Waals surface area contributed by atoms with Crippen molar-refractivity contribution in [3.63, 3.8) is 0 Å². The average Bonchev–Trinajstić information content (AvgIpc) is 3.08. The average molecular weight is 397 g/mol. The lowest BCUT2D eigenvalue weighted by molar-refractivity contribution is -0.117. The van der Waals surface area contributed by atoms with Gasteiger partial charge in [-0.25, -0.2) is 4.79 Å². The van der Waals surface area contributed by atoms with E-state index in [0.29, 0.717) is 24.3 Å². The second-order valence-corrected chi connectivity index (χ2v) is 8.07. The molecule has 2 aromatic carbocycles. The van der Waals surface area contributed by atoms with Gasteiger partial charge in [0.2, 0.25) is 5.91 Å². The predicted octanol–water partition coefficient (Wildman–Crippen LogP) is 4.18. The normalized spacial score (nSPS) is 16.7. The van der Waals surface area contributed by atoms with Crippen molar-refractivity contribution < 1.29 is 23.8 Å². The van der Waals surface area contributed by atoms with Crippen LogP contribution in [0.2, 0.25) is 0 Å². The van der Waals surface area contributed by atoms with E-state index in [-0.39, 0.29) is 17.4 Å². The van der Waals surface area contributed by atoms with Gasteiger partial charge in [-0.3, -0.25) is 4.79 Å². The Morgan fingerprint density at radius 2 is 1.76 bits per heavy atom. The van der Waals surface area contributed by atoms with Crippen LogP contribution < -0.4 is 14.4 Å². The molecule has 0 bridgehead atoms. The minimum Gasteiger partial charge on any atom is -0.496 e. The fourth-order valence-electron chi connectivity index (χ4n) is 3.47. The monoisotopic (exact) mass is 397 g/mol. The molecule has 0 aliphatic carbocycles. The van der Waals surface area contributed by atoms with Gasteiger partial charge in [0, 0.05) is 24.6 Å². The summed E-state index contributed by atoms with van der Waals surface area (Å²) in [5.74, 6) is 0.857. The number of hydrogen-bond donors (Lipinski definition) is 0. The summed E-state index contributed by atoms with van der Waals surface area (Å²) >= 11 is 0. The molecule has 0 radical (unpaired) electrons. The predicted molar refractivity (Wildman–Crippen MR) is 111 cm³/mol. The van der Waals surface area contributed by atoms with E-state index in [4.69, 9.17) is 14.2 Å². The van der Waals surface area contributed by atoms with Gasteiger partial charge in [0.15, 0.2) is 0 Å². The smallest absolute Gasteiger partial charge is 0.341 e. The van der Waals surface area contributed by atoms with Crippen molar-refractivity contribution >= 4 is 17.6 Å². The highest BCUT2D eigenvalue weighted by molar-refractivity contribution is 5.97. The largest absolute Gasteiger partial charge is 0.496 e. The molecule has 0 spiro atoms. The maximum atomic E-state index is 12.6. The molecular formula is C23H27NO5. The number of carbonyl (C=O) groups is 2. The summed E-state index contributed by atoms with van der Waals surface area (Å²) in [6, 6.07) is 12.9. The van der Waals surface area contributed by atoms with Crippen molar-refractivity contribution in [2.45, 2.75) is 38.7 Å². The van der Waals surface area contributed by atoms with Crippen LogP contribution in [0.3, 0.4) is 0 Å². The highest BCUT2D eigenvalue weighted by Crippen LogP contribution is 2.35. The van der Waals surface area contributed by atoms with Gasteiger partial charge < -0.3 is 19.1 Å². The fourth-order valence-corrected chi connectivity index (χ4v) is 3.47. The summed E-state index contributed by atoms with van der Waals surface area (Å²) < 4.78 is 16.0. The standard InChI is InChI=1S/C23H27NO5/c1-23(2,3)29-18-9-7-17(8-10-18)24-14-16(13-21(24)25)15-6-11-19(22(26)28-5)20(12-15)27-4/h6-12,16H,13-14H2,1-5H3. The van der Waals surface area contributed by atoms with Gasteiger partial charge in [-0.1, -0.05) is 6.07 Å². The topological polar surface area (TPSA) is 65.1 Å². The molecule has 1 amide bonds. The first-order valence-electron chi connectivity index (χ1n) is 9.57. The van der Waals surface area contributed by atoms with Crippen LogP contribution >= 0.6 is 0 Å². The second-order valence-electron chi connectivity index (χ2n) is 8.07. The Kier molecular flexibility index (Phi) is 5.82. The van der Waals surface area contributed by atoms with E-state index in [0.717, 1.165) is 17.0 Å². The summed E-state index contributed by atoms with van der Waals surface area (Å²) in [4.78, 5) is 26.3. The number of carbonyl (C=O) groups excluding carboxylic acids is 2. The zero-order chi connectivity index (χ0) is 21.2. The number of methoxy groups -OCH3 is 2. The molecule has 1 fully saturated rings. The van der Waals surface area contributed by atoms with Crippen LogP contribution in [0.1, 0.15) is 49.0 Å². The molecule has 0 N–H and O–H groups in total. The van der Waals surface area contributed by atoms with Crippen LogP contribution in [0.25, 0.3) is 0 Å². The van der Waals surface area contributed by atoms with Crippen LogP contribution in [-0.4, -0.2) is 38.2 Å². The highest BCUT2D eigenvalue weighted by Gasteiger charge is 2.32. The fraction of sp³-hybridized carbons (Fsp3) is 0.391. The van der Waals surface area contributed by atoms with Gasteiger partial charge in [0.25, 0.3) is 0 Å². The number of ether oxygens (including phenoxy) is 3. The van der Waals surface area contributed by atoms with Crippen LogP contribution in [0, 0.1) is 0 Å². The zero-order valence-corrected chi connectivity index (χ0v) is 17.5. The molecule has 1 saturated heterocycles. The third kappa shape index (κ3) is 4.70. The summed E-state index contributed by atoms with van der Waals surface area (Å²) in [6.45, 7) is 6.55. The minimum absolute atomic E-state index is 0.0219. The van der Waals surface area contributed by atoms with Gasteiger partial charge in [0.05, 0.1) is 14.2 Å². The molecule has 2 aromatic rings. The maximum absolute atomic E-state index is 12.6. The number of amides is 1. The lowest BCUT2D eigenvalue weighted by Gasteiger charge is -2.22. The Hall–Kier alpha value is -3.02. The van der Waals surface area contributed by atoms with Gasteiger partial charge in [-0.2, -0.15) is 0 Å². The summed E-state index contributed by atoms with van der Waals surface area (Å²) in [5.41, 5.74) is 1.90. The molecule has 1 heterocycles. The molecule has 1 aliphatic heterocycles. The van der Waals surface area contributed by atoms with Gasteiger partial charge in [0.1, 0.15) is 22.7 Å². The molecule has 1 unspecified atom stereocenters. The molecule has 0 aromatic heterocycles. The SMILES string of the molecule is COC(=O)c1ccc(C2CC(=O)N(c3ccc(OC(C)(C)C)cc3)C2)cc1OC. The third-order valence-corrected chi connectivity index (χ3v) is 4.80. The number of hydrogen-bond acceptors (Lipinski definition) is 5. The third-order valence-electron chi connectivity index (χ3n) is 4.80. The van der Waals surface area contributed by atoms with Crippen molar-refractivity contribution in [3.05, 3.63) is 53.6 Å². The number of anilines is 1. The molecule has 1 aliphatic rings. The van der Waals surface area contributed by atoms with Gasteiger partial charge >= 0.3 is 5.97 Å². The van der Waals surface area contributed by atoms with Crippen molar-refractivity contribution in [3.8, 4) is 11.5 Å². The first kappa shape index (κ1) is 20.7. The number of esters is 1. The maximum Gasteiger partial charge on any atom is 0.341 e. The van der Waals surface area contributed by atoms with E-state index in [2.05, 4.69) is 0 Å². The highest BCUT2D eigenvalue weighted by atomic mass is 16.5. The molecule has 154 valence electrons. The van der Waals surface area contributed by atoms with Crippen LogP contribution in [0.5, 0.6) is 11.5 Å². The van der Waals surface area contributed by atoms with Crippen LogP contribution in [0.4, 0.5) is 5.69 Å². The molecular weight excluding hydrogens is 370 g/mol. The van der Waals surface area contributed by atoms with Crippen molar-refractivity contribution in [2.24, 2.45) is 0 Å². The molecule has 0 saturated carbocycles. The molecule has 29 heavy (non-hydrogen) atoms. The number of nitrogens with zero attached hydrogens (tertiary/aromatic N) is 1. The van der Waals surface area contributed by atoms with E-state index < -0.39 is 5.97 Å². The Morgan fingerprint density at radius 3 is 2.34 bits per heavy atom.